The molecule has 29 heavy (non-hydrogen) atoms. The van der Waals surface area contributed by atoms with E-state index in [0.29, 0.717) is 44.9 Å². The summed E-state index contributed by atoms with van der Waals surface area (Å²) in [5.41, 5.74) is 3.69. The van der Waals surface area contributed by atoms with Crippen LogP contribution >= 0.6 is 11.3 Å². The van der Waals surface area contributed by atoms with E-state index in [-0.39, 0.29) is 24.3 Å². The number of hydrogen-bond acceptors (Lipinski definition) is 6. The predicted octanol–water partition coefficient (Wildman–Crippen LogP) is 2.52. The highest BCUT2D eigenvalue weighted by Crippen LogP contribution is 2.19. The number of thiazole rings is 1. The Morgan fingerprint density at radius 2 is 2.07 bits per heavy atom. The van der Waals surface area contributed by atoms with Gasteiger partial charge in [0.2, 0.25) is 5.91 Å². The summed E-state index contributed by atoms with van der Waals surface area (Å²) < 4.78 is 5.37. The van der Waals surface area contributed by atoms with Crippen LogP contribution in [0.25, 0.3) is 0 Å². The van der Waals surface area contributed by atoms with Gasteiger partial charge in [0.15, 0.2) is 5.84 Å². The van der Waals surface area contributed by atoms with Gasteiger partial charge in [-0.25, -0.2) is 4.99 Å². The number of aromatic nitrogens is 1. The van der Waals surface area contributed by atoms with Gasteiger partial charge in [0.1, 0.15) is 5.92 Å². The summed E-state index contributed by atoms with van der Waals surface area (Å²) in [5, 5.41) is 0. The minimum Gasteiger partial charge on any atom is -0.380 e. The van der Waals surface area contributed by atoms with Crippen molar-refractivity contribution in [2.24, 2.45) is 15.9 Å². The normalized spacial score (nSPS) is 18.6. The van der Waals surface area contributed by atoms with Crippen molar-refractivity contribution < 1.29 is 14.3 Å². The van der Waals surface area contributed by atoms with Crippen molar-refractivity contribution in [2.75, 3.05) is 19.8 Å². The van der Waals surface area contributed by atoms with Crippen molar-refractivity contribution in [3.8, 4) is 0 Å². The molecular weight excluding hydrogens is 388 g/mol. The molecule has 2 aliphatic rings. The second-order valence-corrected chi connectivity index (χ2v) is 8.02. The molecule has 7 nitrogen and oxygen atoms in total. The molecule has 2 aliphatic heterocycles. The van der Waals surface area contributed by atoms with Crippen LogP contribution in [0.3, 0.4) is 0 Å². The fraction of sp³-hybridized carbons (Fsp3) is 0.381. The van der Waals surface area contributed by atoms with Crippen molar-refractivity contribution >= 4 is 34.7 Å². The zero-order valence-corrected chi connectivity index (χ0v) is 16.8. The number of rotatable bonds is 7. The number of nitrogens with zero attached hydrogens (tertiary/aromatic N) is 4. The summed E-state index contributed by atoms with van der Waals surface area (Å²) in [4.78, 5) is 40.9. The van der Waals surface area contributed by atoms with Gasteiger partial charge in [-0.05, 0) is 12.0 Å². The average Bonchev–Trinajstić information content (AvgIpc) is 3.25. The van der Waals surface area contributed by atoms with Gasteiger partial charge in [-0.2, -0.15) is 4.99 Å². The number of amides is 2. The van der Waals surface area contributed by atoms with Gasteiger partial charge in [-0.15, -0.1) is 11.3 Å². The lowest BCUT2D eigenvalue weighted by molar-refractivity contribution is -0.131. The molecule has 1 saturated heterocycles. The number of ether oxygens (including phenoxy) is 1. The van der Waals surface area contributed by atoms with Gasteiger partial charge >= 0.3 is 0 Å². The van der Waals surface area contributed by atoms with Crippen LogP contribution in [-0.2, 0) is 27.3 Å². The van der Waals surface area contributed by atoms with E-state index < -0.39 is 0 Å². The summed E-state index contributed by atoms with van der Waals surface area (Å²) >= 11 is 1.50. The topological polar surface area (TPSA) is 84.2 Å². The highest BCUT2D eigenvalue weighted by Gasteiger charge is 2.32. The SMILES string of the molecule is O=C1N=C(CN(Cc2cncs2)C(=O)CCc2ccccc2)N=C2CCOCC12. The van der Waals surface area contributed by atoms with Gasteiger partial charge in [0, 0.05) is 29.6 Å². The highest BCUT2D eigenvalue weighted by atomic mass is 32.1. The van der Waals surface area contributed by atoms with Crippen molar-refractivity contribution in [3.05, 3.63) is 52.5 Å². The highest BCUT2D eigenvalue weighted by molar-refractivity contribution is 7.09. The summed E-state index contributed by atoms with van der Waals surface area (Å²) in [7, 11) is 0. The van der Waals surface area contributed by atoms with Crippen molar-refractivity contribution in [3.63, 3.8) is 0 Å². The molecule has 1 fully saturated rings. The number of carbonyl (C=O) groups is 2. The Hall–Kier alpha value is -2.71. The van der Waals surface area contributed by atoms with Gasteiger partial charge in [-0.1, -0.05) is 30.3 Å². The lowest BCUT2D eigenvalue weighted by atomic mass is 9.97. The Bertz CT molecular complexity index is 925. The molecule has 0 aliphatic carbocycles. The minimum absolute atomic E-state index is 0.00621. The molecule has 4 rings (SSSR count). The summed E-state index contributed by atoms with van der Waals surface area (Å²) in [6, 6.07) is 9.93. The third-order valence-corrected chi connectivity index (χ3v) is 5.75. The van der Waals surface area contributed by atoms with Crippen LogP contribution in [0.2, 0.25) is 0 Å². The molecule has 1 unspecified atom stereocenters. The van der Waals surface area contributed by atoms with Crippen LogP contribution in [-0.4, -0.2) is 53.0 Å². The first-order valence-electron chi connectivity index (χ1n) is 9.65. The average molecular weight is 410 g/mol. The number of fused-ring (bicyclic) bond motifs is 1. The molecule has 0 spiro atoms. The van der Waals surface area contributed by atoms with E-state index in [1.54, 1.807) is 16.6 Å². The number of aliphatic imine (C=N–C) groups is 2. The Morgan fingerprint density at radius 3 is 2.86 bits per heavy atom. The van der Waals surface area contributed by atoms with E-state index in [1.165, 1.54) is 11.3 Å². The van der Waals surface area contributed by atoms with Gasteiger partial charge in [0.25, 0.3) is 5.91 Å². The van der Waals surface area contributed by atoms with Crippen molar-refractivity contribution in [1.82, 2.24) is 9.88 Å². The predicted molar refractivity (Wildman–Crippen MR) is 111 cm³/mol. The fourth-order valence-corrected chi connectivity index (χ4v) is 4.04. The largest absolute Gasteiger partial charge is 0.380 e. The summed E-state index contributed by atoms with van der Waals surface area (Å²) in [6.07, 6.45) is 3.44. The van der Waals surface area contributed by atoms with Crippen LogP contribution in [0.15, 0.2) is 52.0 Å². The Morgan fingerprint density at radius 1 is 1.21 bits per heavy atom. The fourth-order valence-electron chi connectivity index (χ4n) is 3.43. The van der Waals surface area contributed by atoms with E-state index in [2.05, 4.69) is 15.0 Å². The Labute approximate surface area is 173 Å². The molecule has 0 radical (unpaired) electrons. The second-order valence-electron chi connectivity index (χ2n) is 7.05. The zero-order valence-electron chi connectivity index (χ0n) is 16.0. The molecule has 1 aromatic heterocycles. The quantitative estimate of drug-likeness (QED) is 0.702. The van der Waals surface area contributed by atoms with Crippen LogP contribution in [0.4, 0.5) is 0 Å². The van der Waals surface area contributed by atoms with E-state index in [0.717, 1.165) is 16.2 Å². The van der Waals surface area contributed by atoms with E-state index in [1.807, 2.05) is 30.3 Å². The van der Waals surface area contributed by atoms with E-state index in [4.69, 9.17) is 4.74 Å². The smallest absolute Gasteiger partial charge is 0.258 e. The summed E-state index contributed by atoms with van der Waals surface area (Å²) in [6.45, 7) is 1.56. The van der Waals surface area contributed by atoms with Crippen molar-refractivity contribution in [2.45, 2.75) is 25.8 Å². The molecule has 8 heteroatoms. The molecule has 2 aromatic rings. The standard InChI is InChI=1S/C21H22N4O3S/c26-20(7-6-15-4-2-1-3-5-15)25(11-16-10-22-14-29-16)12-19-23-18-8-9-28-13-17(18)21(27)24-19/h1-5,10,14,17H,6-9,11-13H2. The number of amidine groups is 1. The van der Waals surface area contributed by atoms with Gasteiger partial charge < -0.3 is 9.64 Å². The molecule has 0 saturated carbocycles. The first kappa shape index (κ1) is 19.6. The molecule has 0 bridgehead atoms. The Balaban J connectivity index is 1.47. The maximum absolute atomic E-state index is 13.0. The van der Waals surface area contributed by atoms with Crippen LogP contribution < -0.4 is 0 Å². The third kappa shape index (κ3) is 5.02. The maximum atomic E-state index is 13.0. The Kier molecular flexibility index (Phi) is 6.21. The van der Waals surface area contributed by atoms with Crippen LogP contribution in [0.1, 0.15) is 23.3 Å². The molecular formula is C21H22N4O3S. The van der Waals surface area contributed by atoms with Crippen LogP contribution in [0.5, 0.6) is 0 Å². The first-order valence-corrected chi connectivity index (χ1v) is 10.5. The molecule has 1 aromatic carbocycles. The molecule has 0 N–H and O–H groups in total. The van der Waals surface area contributed by atoms with E-state index >= 15 is 0 Å². The molecule has 1 atom stereocenters. The molecule has 3 heterocycles. The number of aryl methyl sites for hydroxylation is 1. The van der Waals surface area contributed by atoms with Crippen molar-refractivity contribution in [1.29, 1.82) is 0 Å². The minimum atomic E-state index is -0.365. The van der Waals surface area contributed by atoms with E-state index in [9.17, 15) is 9.59 Å². The van der Waals surface area contributed by atoms with Gasteiger partial charge in [0.05, 0.1) is 31.8 Å². The lowest BCUT2D eigenvalue weighted by Gasteiger charge is -2.27. The third-order valence-electron chi connectivity index (χ3n) is 4.98. The monoisotopic (exact) mass is 410 g/mol. The van der Waals surface area contributed by atoms with Gasteiger partial charge in [-0.3, -0.25) is 14.6 Å². The number of hydrogen-bond donors (Lipinski definition) is 0. The zero-order chi connectivity index (χ0) is 20.1. The number of benzene rings is 1. The summed E-state index contributed by atoms with van der Waals surface area (Å²) in [5.74, 6) is -0.178. The lowest BCUT2D eigenvalue weighted by Crippen LogP contribution is -2.40. The van der Waals surface area contributed by atoms with Crippen LogP contribution in [0, 0.1) is 5.92 Å². The molecule has 150 valence electrons. The second kappa shape index (κ2) is 9.19. The molecule has 2 amide bonds. The first-order chi connectivity index (χ1) is 14.2. The maximum Gasteiger partial charge on any atom is 0.258 e. The number of carbonyl (C=O) groups excluding carboxylic acids is 2.